The van der Waals surface area contributed by atoms with Crippen LogP contribution in [0.25, 0.3) is 0 Å². The minimum absolute atomic E-state index is 0.00929. The van der Waals surface area contributed by atoms with Crippen LogP contribution >= 0.6 is 0 Å². The fourth-order valence-electron chi connectivity index (χ4n) is 1.44. The van der Waals surface area contributed by atoms with Crippen molar-refractivity contribution in [3.63, 3.8) is 0 Å². The molecule has 0 aliphatic heterocycles. The smallest absolute Gasteiger partial charge is 0.326 e. The van der Waals surface area contributed by atoms with Gasteiger partial charge in [-0.05, 0) is 11.8 Å². The largest absolute Gasteiger partial charge is 0.480 e. The highest BCUT2D eigenvalue weighted by Crippen LogP contribution is 2.16. The number of aromatic nitrogens is 2. The van der Waals surface area contributed by atoms with E-state index in [1.165, 1.54) is 6.33 Å². The zero-order chi connectivity index (χ0) is 13.0. The standard InChI is InChI=1S/C12H19N3O2/c1-7(2)9-5-10(14-6-13-9)15-11(8(3)4)12(16)17/h5-8,11H,1-4H3,(H,16,17)(H,13,14,15)/t11-/m1/s1. The van der Waals surface area contributed by atoms with Gasteiger partial charge in [-0.25, -0.2) is 14.8 Å². The van der Waals surface area contributed by atoms with Gasteiger partial charge in [0, 0.05) is 11.8 Å². The van der Waals surface area contributed by atoms with E-state index in [1.807, 2.05) is 27.7 Å². The maximum absolute atomic E-state index is 11.1. The number of aliphatic carboxylic acids is 1. The van der Waals surface area contributed by atoms with Gasteiger partial charge in [0.2, 0.25) is 0 Å². The van der Waals surface area contributed by atoms with Crippen molar-refractivity contribution in [2.45, 2.75) is 39.7 Å². The predicted molar refractivity (Wildman–Crippen MR) is 66.0 cm³/mol. The van der Waals surface area contributed by atoms with Crippen molar-refractivity contribution < 1.29 is 9.90 Å². The minimum Gasteiger partial charge on any atom is -0.480 e. The van der Waals surface area contributed by atoms with Gasteiger partial charge in [-0.15, -0.1) is 0 Å². The highest BCUT2D eigenvalue weighted by molar-refractivity contribution is 5.77. The molecule has 0 radical (unpaired) electrons. The number of carboxylic acids is 1. The Labute approximate surface area is 101 Å². The lowest BCUT2D eigenvalue weighted by Gasteiger charge is -2.18. The number of nitrogens with one attached hydrogen (secondary N) is 1. The molecular weight excluding hydrogens is 218 g/mol. The first-order valence-electron chi connectivity index (χ1n) is 5.73. The highest BCUT2D eigenvalue weighted by Gasteiger charge is 2.21. The van der Waals surface area contributed by atoms with Gasteiger partial charge in [0.25, 0.3) is 0 Å². The summed E-state index contributed by atoms with van der Waals surface area (Å²) in [4.78, 5) is 19.2. The number of hydrogen-bond donors (Lipinski definition) is 2. The topological polar surface area (TPSA) is 75.1 Å². The number of carbonyl (C=O) groups is 1. The molecule has 17 heavy (non-hydrogen) atoms. The Morgan fingerprint density at radius 3 is 2.41 bits per heavy atom. The molecule has 1 atom stereocenters. The third-order valence-corrected chi connectivity index (χ3v) is 2.52. The van der Waals surface area contributed by atoms with Crippen molar-refractivity contribution in [3.05, 3.63) is 18.1 Å². The summed E-state index contributed by atoms with van der Waals surface area (Å²) in [6, 6.07) is 1.16. The molecule has 0 fully saturated rings. The molecule has 1 aromatic heterocycles. The summed E-state index contributed by atoms with van der Waals surface area (Å²) in [5.41, 5.74) is 0.899. The van der Waals surface area contributed by atoms with Crippen LogP contribution in [0.15, 0.2) is 12.4 Å². The summed E-state index contributed by atoms with van der Waals surface area (Å²) in [5.74, 6) is -0.0275. The fraction of sp³-hybridized carbons (Fsp3) is 0.583. The van der Waals surface area contributed by atoms with Crippen molar-refractivity contribution >= 4 is 11.8 Å². The molecule has 0 amide bonds. The number of rotatable bonds is 5. The van der Waals surface area contributed by atoms with Gasteiger partial charge >= 0.3 is 5.97 Å². The Bertz CT molecular complexity index is 391. The van der Waals surface area contributed by atoms with Gasteiger partial charge in [0.15, 0.2) is 0 Å². The summed E-state index contributed by atoms with van der Waals surface area (Å²) >= 11 is 0. The molecule has 5 heteroatoms. The third-order valence-electron chi connectivity index (χ3n) is 2.52. The molecule has 1 rings (SSSR count). The van der Waals surface area contributed by atoms with Crippen LogP contribution in [0.1, 0.15) is 39.3 Å². The average Bonchev–Trinajstić information content (AvgIpc) is 2.25. The van der Waals surface area contributed by atoms with Crippen LogP contribution < -0.4 is 5.32 Å². The summed E-state index contributed by atoms with van der Waals surface area (Å²) in [6.07, 6.45) is 1.46. The molecular formula is C12H19N3O2. The number of anilines is 1. The lowest BCUT2D eigenvalue weighted by atomic mass is 10.0. The summed E-state index contributed by atoms with van der Waals surface area (Å²) in [6.45, 7) is 7.78. The van der Waals surface area contributed by atoms with E-state index in [0.29, 0.717) is 11.7 Å². The first kappa shape index (κ1) is 13.4. The summed E-state index contributed by atoms with van der Waals surface area (Å²) in [7, 11) is 0. The Morgan fingerprint density at radius 1 is 1.29 bits per heavy atom. The van der Waals surface area contributed by atoms with Crippen LogP contribution in [0.2, 0.25) is 0 Å². The van der Waals surface area contributed by atoms with Crippen LogP contribution in [0, 0.1) is 5.92 Å². The van der Waals surface area contributed by atoms with Gasteiger partial charge in [-0.3, -0.25) is 0 Å². The van der Waals surface area contributed by atoms with Crippen LogP contribution in [0.4, 0.5) is 5.82 Å². The first-order chi connectivity index (χ1) is 7.91. The second-order valence-corrected chi connectivity index (χ2v) is 4.69. The van der Waals surface area contributed by atoms with Crippen LogP contribution in [0.5, 0.6) is 0 Å². The molecule has 0 saturated carbocycles. The lowest BCUT2D eigenvalue weighted by molar-refractivity contribution is -0.138. The van der Waals surface area contributed by atoms with Gasteiger partial charge < -0.3 is 10.4 Å². The lowest BCUT2D eigenvalue weighted by Crippen LogP contribution is -2.34. The molecule has 0 unspecified atom stereocenters. The molecule has 1 aromatic rings. The van der Waals surface area contributed by atoms with Crippen molar-refractivity contribution in [2.24, 2.45) is 5.92 Å². The van der Waals surface area contributed by atoms with Gasteiger partial charge in [0.1, 0.15) is 18.2 Å². The van der Waals surface area contributed by atoms with Crippen molar-refractivity contribution in [2.75, 3.05) is 5.32 Å². The number of carboxylic acid groups (broad SMARTS) is 1. The first-order valence-corrected chi connectivity index (χ1v) is 5.73. The number of hydrogen-bond acceptors (Lipinski definition) is 4. The van der Waals surface area contributed by atoms with E-state index in [1.54, 1.807) is 6.07 Å². The van der Waals surface area contributed by atoms with E-state index in [-0.39, 0.29) is 5.92 Å². The van der Waals surface area contributed by atoms with Crippen molar-refractivity contribution in [1.29, 1.82) is 0 Å². The van der Waals surface area contributed by atoms with E-state index in [2.05, 4.69) is 15.3 Å². The Hall–Kier alpha value is -1.65. The fourth-order valence-corrected chi connectivity index (χ4v) is 1.44. The second-order valence-electron chi connectivity index (χ2n) is 4.69. The SMILES string of the molecule is CC(C)c1cc(N[C@@H](C(=O)O)C(C)C)ncn1. The van der Waals surface area contributed by atoms with E-state index in [4.69, 9.17) is 5.11 Å². The van der Waals surface area contributed by atoms with E-state index >= 15 is 0 Å². The maximum atomic E-state index is 11.1. The van der Waals surface area contributed by atoms with Crippen LogP contribution in [-0.2, 0) is 4.79 Å². The molecule has 0 aliphatic rings. The molecule has 0 saturated heterocycles. The van der Waals surface area contributed by atoms with Crippen LogP contribution in [0.3, 0.4) is 0 Å². The van der Waals surface area contributed by atoms with Crippen molar-refractivity contribution in [1.82, 2.24) is 9.97 Å². The minimum atomic E-state index is -0.871. The molecule has 2 N–H and O–H groups in total. The Morgan fingerprint density at radius 2 is 1.94 bits per heavy atom. The zero-order valence-corrected chi connectivity index (χ0v) is 10.6. The molecule has 0 bridgehead atoms. The predicted octanol–water partition coefficient (Wildman–Crippen LogP) is 2.12. The monoisotopic (exact) mass is 237 g/mol. The van der Waals surface area contributed by atoms with Crippen LogP contribution in [-0.4, -0.2) is 27.1 Å². The maximum Gasteiger partial charge on any atom is 0.326 e. The highest BCUT2D eigenvalue weighted by atomic mass is 16.4. The van der Waals surface area contributed by atoms with E-state index < -0.39 is 12.0 Å². The normalized spacial score (nSPS) is 12.8. The Kier molecular flexibility index (Phi) is 4.43. The summed E-state index contributed by atoms with van der Waals surface area (Å²) in [5, 5.41) is 12.0. The number of nitrogens with zero attached hydrogens (tertiary/aromatic N) is 2. The molecule has 1 heterocycles. The summed E-state index contributed by atoms with van der Waals surface area (Å²) < 4.78 is 0. The average molecular weight is 237 g/mol. The van der Waals surface area contributed by atoms with Gasteiger partial charge in [-0.2, -0.15) is 0 Å². The molecule has 94 valence electrons. The Balaban J connectivity index is 2.86. The molecule has 0 aromatic carbocycles. The third kappa shape index (κ3) is 3.69. The van der Waals surface area contributed by atoms with E-state index in [0.717, 1.165) is 5.69 Å². The quantitative estimate of drug-likeness (QED) is 0.820. The van der Waals surface area contributed by atoms with Crippen molar-refractivity contribution in [3.8, 4) is 0 Å². The van der Waals surface area contributed by atoms with Gasteiger partial charge in [0.05, 0.1) is 0 Å². The van der Waals surface area contributed by atoms with E-state index in [9.17, 15) is 4.79 Å². The molecule has 0 aliphatic carbocycles. The molecule has 0 spiro atoms. The second kappa shape index (κ2) is 5.61. The van der Waals surface area contributed by atoms with Gasteiger partial charge in [-0.1, -0.05) is 27.7 Å². The zero-order valence-electron chi connectivity index (χ0n) is 10.6. The molecule has 5 nitrogen and oxygen atoms in total.